The van der Waals surface area contributed by atoms with Crippen LogP contribution in [0.1, 0.15) is 42.1 Å². The maximum Gasteiger partial charge on any atom is 0.338 e. The lowest BCUT2D eigenvalue weighted by molar-refractivity contribution is -0.150. The number of hydrogen-bond acceptors (Lipinski definition) is 5. The summed E-state index contributed by atoms with van der Waals surface area (Å²) in [7, 11) is 0. The number of aliphatic hydroxyl groups is 2. The van der Waals surface area contributed by atoms with Crippen molar-refractivity contribution in [3.8, 4) is 11.1 Å². The third-order valence-corrected chi connectivity index (χ3v) is 6.95. The number of esters is 1. The molecule has 0 aliphatic heterocycles. The smallest absolute Gasteiger partial charge is 0.338 e. The van der Waals surface area contributed by atoms with Crippen LogP contribution in [0.4, 0.5) is 0 Å². The van der Waals surface area contributed by atoms with Crippen molar-refractivity contribution in [2.45, 2.75) is 49.9 Å². The molecule has 0 spiro atoms. The zero-order valence-electron chi connectivity index (χ0n) is 20.8. The summed E-state index contributed by atoms with van der Waals surface area (Å²) in [5.41, 5.74) is 0.111. The molecule has 1 aliphatic rings. The fourth-order valence-electron chi connectivity index (χ4n) is 5.08. The van der Waals surface area contributed by atoms with E-state index < -0.39 is 41.6 Å². The van der Waals surface area contributed by atoms with Crippen molar-refractivity contribution in [2.75, 3.05) is 0 Å². The molecule has 1 aliphatic carbocycles. The molecular weight excluding hydrogens is 468 g/mol. The first-order valence-corrected chi connectivity index (χ1v) is 12.4. The van der Waals surface area contributed by atoms with Gasteiger partial charge in [0.05, 0.1) is 23.7 Å². The van der Waals surface area contributed by atoms with Gasteiger partial charge >= 0.3 is 11.9 Å². The van der Waals surface area contributed by atoms with Gasteiger partial charge in [-0.15, -0.1) is 0 Å². The molecule has 6 heteroatoms. The Hall–Kier alpha value is -3.74. The van der Waals surface area contributed by atoms with Crippen LogP contribution in [0.15, 0.2) is 97.1 Å². The van der Waals surface area contributed by atoms with Crippen molar-refractivity contribution in [3.63, 3.8) is 0 Å². The second kappa shape index (κ2) is 11.1. The average molecular weight is 501 g/mol. The quantitative estimate of drug-likeness (QED) is 0.281. The summed E-state index contributed by atoms with van der Waals surface area (Å²) in [4.78, 5) is 25.2. The van der Waals surface area contributed by atoms with Crippen molar-refractivity contribution < 1.29 is 29.6 Å². The van der Waals surface area contributed by atoms with E-state index in [0.717, 1.165) is 16.7 Å². The van der Waals surface area contributed by atoms with Gasteiger partial charge in [-0.3, -0.25) is 4.79 Å². The van der Waals surface area contributed by atoms with E-state index >= 15 is 0 Å². The lowest BCUT2D eigenvalue weighted by Crippen LogP contribution is -2.48. The number of carboxylic acid groups (broad SMARTS) is 1. The molecule has 3 aromatic rings. The molecule has 4 rings (SSSR count). The SMILES string of the molecule is CC(O)(C=CC1CCC(O)C1(CC(=O)O)OC(=O)c1cccc(-c2ccccc2)c1)Cc1ccccc1. The van der Waals surface area contributed by atoms with Gasteiger partial charge in [0.25, 0.3) is 0 Å². The highest BCUT2D eigenvalue weighted by Crippen LogP contribution is 2.43. The molecule has 0 aromatic heterocycles. The molecule has 192 valence electrons. The van der Waals surface area contributed by atoms with Crippen LogP contribution in [0.5, 0.6) is 0 Å². The van der Waals surface area contributed by atoms with E-state index in [1.54, 1.807) is 37.3 Å². The minimum Gasteiger partial charge on any atom is -0.481 e. The van der Waals surface area contributed by atoms with Crippen molar-refractivity contribution in [3.05, 3.63) is 108 Å². The van der Waals surface area contributed by atoms with Crippen LogP contribution < -0.4 is 0 Å². The minimum absolute atomic E-state index is 0.268. The first-order chi connectivity index (χ1) is 17.7. The molecule has 0 radical (unpaired) electrons. The van der Waals surface area contributed by atoms with Crippen molar-refractivity contribution in [1.82, 2.24) is 0 Å². The van der Waals surface area contributed by atoms with E-state index in [1.165, 1.54) is 0 Å². The van der Waals surface area contributed by atoms with Gasteiger partial charge in [0.2, 0.25) is 0 Å². The summed E-state index contributed by atoms with van der Waals surface area (Å²) >= 11 is 0. The highest BCUT2D eigenvalue weighted by atomic mass is 16.6. The molecule has 6 nitrogen and oxygen atoms in total. The Labute approximate surface area is 216 Å². The van der Waals surface area contributed by atoms with Crippen LogP contribution >= 0.6 is 0 Å². The fourth-order valence-corrected chi connectivity index (χ4v) is 5.08. The van der Waals surface area contributed by atoms with E-state index in [0.29, 0.717) is 12.8 Å². The first-order valence-electron chi connectivity index (χ1n) is 12.4. The zero-order chi connectivity index (χ0) is 26.5. The van der Waals surface area contributed by atoms with Crippen molar-refractivity contribution in [1.29, 1.82) is 0 Å². The number of rotatable bonds is 9. The van der Waals surface area contributed by atoms with Gasteiger partial charge in [-0.2, -0.15) is 0 Å². The Bertz CT molecular complexity index is 1250. The Morgan fingerprint density at radius 3 is 2.30 bits per heavy atom. The highest BCUT2D eigenvalue weighted by molar-refractivity contribution is 5.91. The van der Waals surface area contributed by atoms with Gasteiger partial charge in [-0.05, 0) is 48.6 Å². The summed E-state index contributed by atoms with van der Waals surface area (Å²) in [6.07, 6.45) is 2.66. The molecule has 1 saturated carbocycles. The summed E-state index contributed by atoms with van der Waals surface area (Å²) in [6.45, 7) is 1.67. The summed E-state index contributed by atoms with van der Waals surface area (Å²) < 4.78 is 5.89. The molecule has 1 fully saturated rings. The second-order valence-corrected chi connectivity index (χ2v) is 9.94. The second-order valence-electron chi connectivity index (χ2n) is 9.94. The minimum atomic E-state index is -1.65. The van der Waals surface area contributed by atoms with Crippen LogP contribution in [-0.2, 0) is 16.0 Å². The maximum absolute atomic E-state index is 13.3. The van der Waals surface area contributed by atoms with Crippen LogP contribution in [0.25, 0.3) is 11.1 Å². The van der Waals surface area contributed by atoms with E-state index in [2.05, 4.69) is 0 Å². The lowest BCUT2D eigenvalue weighted by atomic mass is 9.84. The molecule has 0 heterocycles. The van der Waals surface area contributed by atoms with Gasteiger partial charge in [0, 0.05) is 12.3 Å². The molecule has 3 aromatic carbocycles. The fraction of sp³-hybridized carbons (Fsp3) is 0.290. The summed E-state index contributed by atoms with van der Waals surface area (Å²) in [6, 6.07) is 26.0. The lowest BCUT2D eigenvalue weighted by Gasteiger charge is -2.35. The van der Waals surface area contributed by atoms with Crippen molar-refractivity contribution >= 4 is 11.9 Å². The maximum atomic E-state index is 13.3. The molecule has 0 saturated heterocycles. The molecule has 3 N–H and O–H groups in total. The van der Waals surface area contributed by atoms with Gasteiger partial charge in [-0.1, -0.05) is 84.9 Å². The predicted molar refractivity (Wildman–Crippen MR) is 141 cm³/mol. The number of carbonyl (C=O) groups is 2. The Morgan fingerprint density at radius 2 is 1.62 bits per heavy atom. The van der Waals surface area contributed by atoms with Gasteiger partial charge < -0.3 is 20.1 Å². The molecule has 0 bridgehead atoms. The van der Waals surface area contributed by atoms with Crippen LogP contribution in [-0.4, -0.2) is 44.6 Å². The van der Waals surface area contributed by atoms with E-state index in [1.807, 2.05) is 66.7 Å². The van der Waals surface area contributed by atoms with Crippen molar-refractivity contribution in [2.24, 2.45) is 5.92 Å². The number of hydrogen-bond donors (Lipinski definition) is 3. The summed E-state index contributed by atoms with van der Waals surface area (Å²) in [5.74, 6) is -2.46. The monoisotopic (exact) mass is 500 g/mol. The van der Waals surface area contributed by atoms with Gasteiger partial charge in [0.1, 0.15) is 0 Å². The van der Waals surface area contributed by atoms with Crippen LogP contribution in [0.2, 0.25) is 0 Å². The number of aliphatic hydroxyl groups excluding tert-OH is 1. The third-order valence-electron chi connectivity index (χ3n) is 6.95. The topological polar surface area (TPSA) is 104 Å². The van der Waals surface area contributed by atoms with E-state index in [-0.39, 0.29) is 12.0 Å². The Kier molecular flexibility index (Phi) is 7.91. The van der Waals surface area contributed by atoms with E-state index in [4.69, 9.17) is 4.74 Å². The van der Waals surface area contributed by atoms with E-state index in [9.17, 15) is 24.9 Å². The number of ether oxygens (including phenoxy) is 1. The largest absolute Gasteiger partial charge is 0.481 e. The third kappa shape index (κ3) is 6.34. The molecule has 37 heavy (non-hydrogen) atoms. The standard InChI is InChI=1S/C31H32O6/c1-30(36,20-22-9-4-2-5-10-22)18-17-26-15-16-27(32)31(26,21-28(33)34)37-29(35)25-14-8-13-24(19-25)23-11-6-3-7-12-23/h2-14,17-19,26-27,32,36H,15-16,20-21H2,1H3,(H,33,34). The molecule has 0 amide bonds. The first kappa shape index (κ1) is 26.3. The highest BCUT2D eigenvalue weighted by Gasteiger charge is 2.53. The van der Waals surface area contributed by atoms with Gasteiger partial charge in [0.15, 0.2) is 5.60 Å². The average Bonchev–Trinajstić information content (AvgIpc) is 3.17. The Balaban J connectivity index is 1.59. The zero-order valence-corrected chi connectivity index (χ0v) is 20.8. The molecular formula is C31H32O6. The predicted octanol–water partition coefficient (Wildman–Crippen LogP) is 5.04. The summed E-state index contributed by atoms with van der Waals surface area (Å²) in [5, 5.41) is 31.6. The number of aliphatic carboxylic acids is 1. The molecule has 4 unspecified atom stereocenters. The normalized spacial score (nSPS) is 23.0. The molecule has 4 atom stereocenters. The Morgan fingerprint density at radius 1 is 0.973 bits per heavy atom. The number of carbonyl (C=O) groups excluding carboxylic acids is 1. The van der Waals surface area contributed by atoms with Gasteiger partial charge in [-0.25, -0.2) is 4.79 Å². The van der Waals surface area contributed by atoms with Crippen LogP contribution in [0.3, 0.4) is 0 Å². The number of carboxylic acids is 1. The van der Waals surface area contributed by atoms with Crippen LogP contribution in [0, 0.1) is 5.92 Å². The number of benzene rings is 3.